The number of carbonyl (C=O) groups excluding carboxylic acids is 1. The summed E-state index contributed by atoms with van der Waals surface area (Å²) in [6, 6.07) is 12.5. The molecule has 2 aromatic carbocycles. The Morgan fingerprint density at radius 2 is 1.97 bits per heavy atom. The molecule has 0 bridgehead atoms. The predicted octanol–water partition coefficient (Wildman–Crippen LogP) is 4.04. The van der Waals surface area contributed by atoms with Gasteiger partial charge in [0.2, 0.25) is 0 Å². The van der Waals surface area contributed by atoms with Crippen molar-refractivity contribution in [2.45, 2.75) is 26.9 Å². The first kappa shape index (κ1) is 26.0. The molecular formula is C28H34N6O3. The van der Waals surface area contributed by atoms with E-state index in [0.717, 1.165) is 42.1 Å². The molecule has 0 spiro atoms. The molecule has 2 aromatic heterocycles. The molecule has 37 heavy (non-hydrogen) atoms. The van der Waals surface area contributed by atoms with Gasteiger partial charge in [0.1, 0.15) is 11.5 Å². The molecule has 0 fully saturated rings. The molecule has 4 aromatic rings. The van der Waals surface area contributed by atoms with Crippen LogP contribution in [0.2, 0.25) is 0 Å². The van der Waals surface area contributed by atoms with Gasteiger partial charge in [-0.15, -0.1) is 0 Å². The summed E-state index contributed by atoms with van der Waals surface area (Å²) in [4.78, 5) is 20.2. The lowest BCUT2D eigenvalue weighted by Gasteiger charge is -2.19. The first-order valence-corrected chi connectivity index (χ1v) is 12.3. The molecule has 9 nitrogen and oxygen atoms in total. The molecule has 0 aliphatic rings. The van der Waals surface area contributed by atoms with Crippen molar-refractivity contribution < 1.29 is 14.6 Å². The Morgan fingerprint density at radius 1 is 1.16 bits per heavy atom. The van der Waals surface area contributed by atoms with Crippen LogP contribution in [-0.4, -0.2) is 65.0 Å². The Balaban J connectivity index is 1.73. The number of ether oxygens (including phenoxy) is 1. The van der Waals surface area contributed by atoms with Gasteiger partial charge in [0.05, 0.1) is 35.8 Å². The molecule has 0 saturated carbocycles. The van der Waals surface area contributed by atoms with E-state index in [9.17, 15) is 9.90 Å². The summed E-state index contributed by atoms with van der Waals surface area (Å²) in [5.74, 6) is 0.604. The Hall–Kier alpha value is -4.11. The number of aromatic hydroxyl groups is 1. The standard InChI is InChI=1S/C28H34N6O3/c1-6-34-18(2)20(16-31-34)17-33(4)28(36)23-15-26(32-24-10-8-21(35)14-22(23)24)19-7-9-25(27(13-19)37-5)30-12-11-29-3/h7-10,13-16,29-30,35H,6,11-12,17H2,1-5H3. The SMILES string of the molecule is CCn1ncc(CN(C)C(=O)c2cc(-c3ccc(NCCNC)c(OC)c3)nc3ccc(O)cc23)c1C. The second-order valence-electron chi connectivity index (χ2n) is 8.93. The molecule has 9 heteroatoms. The summed E-state index contributed by atoms with van der Waals surface area (Å²) in [5.41, 5.74) is 5.46. The zero-order valence-electron chi connectivity index (χ0n) is 22.0. The van der Waals surface area contributed by atoms with Gasteiger partial charge in [-0.05, 0) is 57.3 Å². The van der Waals surface area contributed by atoms with E-state index in [1.54, 1.807) is 43.3 Å². The largest absolute Gasteiger partial charge is 0.508 e. The van der Waals surface area contributed by atoms with Crippen LogP contribution < -0.4 is 15.4 Å². The van der Waals surface area contributed by atoms with E-state index in [1.165, 1.54) is 0 Å². The molecule has 0 radical (unpaired) electrons. The van der Waals surface area contributed by atoms with Crippen LogP contribution in [0.25, 0.3) is 22.2 Å². The van der Waals surface area contributed by atoms with Crippen LogP contribution in [0.4, 0.5) is 5.69 Å². The van der Waals surface area contributed by atoms with E-state index in [4.69, 9.17) is 9.72 Å². The van der Waals surface area contributed by atoms with Gasteiger partial charge in [0, 0.05) is 55.4 Å². The van der Waals surface area contributed by atoms with E-state index < -0.39 is 0 Å². The van der Waals surface area contributed by atoms with Gasteiger partial charge in [-0.3, -0.25) is 9.48 Å². The van der Waals surface area contributed by atoms with Crippen LogP contribution in [0.3, 0.4) is 0 Å². The van der Waals surface area contributed by atoms with E-state index in [-0.39, 0.29) is 11.7 Å². The number of anilines is 1. The Morgan fingerprint density at radius 3 is 2.68 bits per heavy atom. The summed E-state index contributed by atoms with van der Waals surface area (Å²) in [6.07, 6.45) is 1.81. The fourth-order valence-electron chi connectivity index (χ4n) is 4.35. The van der Waals surface area contributed by atoms with Crippen LogP contribution in [0.5, 0.6) is 11.5 Å². The Labute approximate surface area is 217 Å². The zero-order valence-corrected chi connectivity index (χ0v) is 22.0. The van der Waals surface area contributed by atoms with Crippen molar-refractivity contribution in [3.63, 3.8) is 0 Å². The number of phenols is 1. The van der Waals surface area contributed by atoms with Gasteiger partial charge in [0.15, 0.2) is 0 Å². The number of carbonyl (C=O) groups is 1. The fourth-order valence-corrected chi connectivity index (χ4v) is 4.35. The number of phenolic OH excluding ortho intramolecular Hbond substituents is 1. The molecule has 3 N–H and O–H groups in total. The molecule has 194 valence electrons. The summed E-state index contributed by atoms with van der Waals surface area (Å²) < 4.78 is 7.53. The number of fused-ring (bicyclic) bond motifs is 1. The fraction of sp³-hybridized carbons (Fsp3) is 0.321. The van der Waals surface area contributed by atoms with E-state index >= 15 is 0 Å². The first-order valence-electron chi connectivity index (χ1n) is 12.3. The minimum atomic E-state index is -0.166. The molecule has 0 aliphatic heterocycles. The highest BCUT2D eigenvalue weighted by molar-refractivity contribution is 6.07. The molecule has 4 rings (SSSR count). The average Bonchev–Trinajstić information content (AvgIpc) is 3.26. The number of aromatic nitrogens is 3. The van der Waals surface area contributed by atoms with Gasteiger partial charge in [-0.1, -0.05) is 6.07 Å². The maximum absolute atomic E-state index is 13.7. The van der Waals surface area contributed by atoms with Gasteiger partial charge < -0.3 is 25.4 Å². The monoisotopic (exact) mass is 502 g/mol. The van der Waals surface area contributed by atoms with Crippen LogP contribution in [-0.2, 0) is 13.1 Å². The molecule has 0 atom stereocenters. The summed E-state index contributed by atoms with van der Waals surface area (Å²) in [5, 5.41) is 21.6. The number of nitrogens with one attached hydrogen (secondary N) is 2. The van der Waals surface area contributed by atoms with Crippen molar-refractivity contribution in [3.8, 4) is 22.8 Å². The number of hydrogen-bond donors (Lipinski definition) is 3. The lowest BCUT2D eigenvalue weighted by Crippen LogP contribution is -2.26. The lowest BCUT2D eigenvalue weighted by molar-refractivity contribution is 0.0787. The topological polar surface area (TPSA) is 105 Å². The van der Waals surface area contributed by atoms with Gasteiger partial charge in [0.25, 0.3) is 5.91 Å². The van der Waals surface area contributed by atoms with Crippen molar-refractivity contribution in [1.29, 1.82) is 0 Å². The van der Waals surface area contributed by atoms with E-state index in [2.05, 4.69) is 15.7 Å². The average molecular weight is 503 g/mol. The normalized spacial score (nSPS) is 11.1. The number of pyridine rings is 1. The van der Waals surface area contributed by atoms with E-state index in [0.29, 0.717) is 34.5 Å². The van der Waals surface area contributed by atoms with E-state index in [1.807, 2.05) is 50.0 Å². The highest BCUT2D eigenvalue weighted by Crippen LogP contribution is 2.33. The number of rotatable bonds is 10. The zero-order chi connectivity index (χ0) is 26.5. The quantitative estimate of drug-likeness (QED) is 0.281. The molecule has 1 amide bonds. The minimum absolute atomic E-state index is 0.0810. The second kappa shape index (κ2) is 11.3. The highest BCUT2D eigenvalue weighted by atomic mass is 16.5. The summed E-state index contributed by atoms with van der Waals surface area (Å²) >= 11 is 0. The molecule has 0 aliphatic carbocycles. The number of nitrogens with zero attached hydrogens (tertiary/aromatic N) is 4. The smallest absolute Gasteiger partial charge is 0.254 e. The predicted molar refractivity (Wildman–Crippen MR) is 146 cm³/mol. The van der Waals surface area contributed by atoms with Crippen LogP contribution in [0.1, 0.15) is 28.5 Å². The third kappa shape index (κ3) is 5.51. The highest BCUT2D eigenvalue weighted by Gasteiger charge is 2.20. The van der Waals surface area contributed by atoms with Crippen LogP contribution >= 0.6 is 0 Å². The van der Waals surface area contributed by atoms with Crippen LogP contribution in [0.15, 0.2) is 48.7 Å². The van der Waals surface area contributed by atoms with Gasteiger partial charge in [-0.2, -0.15) is 5.10 Å². The van der Waals surface area contributed by atoms with Crippen molar-refractivity contribution >= 4 is 22.5 Å². The Kier molecular flexibility index (Phi) is 7.93. The second-order valence-corrected chi connectivity index (χ2v) is 8.93. The number of likely N-dealkylation sites (N-methyl/N-ethyl adjacent to an activating group) is 1. The van der Waals surface area contributed by atoms with Crippen LogP contribution in [0, 0.1) is 6.92 Å². The third-order valence-corrected chi connectivity index (χ3v) is 6.47. The van der Waals surface area contributed by atoms with Crippen molar-refractivity contribution in [2.24, 2.45) is 0 Å². The summed E-state index contributed by atoms with van der Waals surface area (Å²) in [7, 11) is 5.31. The maximum atomic E-state index is 13.7. The van der Waals surface area contributed by atoms with Crippen molar-refractivity contribution in [2.75, 3.05) is 39.6 Å². The minimum Gasteiger partial charge on any atom is -0.508 e. The first-order chi connectivity index (χ1) is 17.9. The number of aryl methyl sites for hydroxylation is 1. The van der Waals surface area contributed by atoms with Gasteiger partial charge >= 0.3 is 0 Å². The number of amides is 1. The lowest BCUT2D eigenvalue weighted by atomic mass is 10.0. The molecule has 2 heterocycles. The Bertz CT molecular complexity index is 1410. The van der Waals surface area contributed by atoms with Crippen molar-refractivity contribution in [1.82, 2.24) is 25.0 Å². The third-order valence-electron chi connectivity index (χ3n) is 6.47. The molecular weight excluding hydrogens is 468 g/mol. The molecule has 0 unspecified atom stereocenters. The van der Waals surface area contributed by atoms with Gasteiger partial charge in [-0.25, -0.2) is 4.98 Å². The van der Waals surface area contributed by atoms with Crippen molar-refractivity contribution in [3.05, 3.63) is 65.5 Å². The molecule has 0 saturated heterocycles. The number of hydrogen-bond acceptors (Lipinski definition) is 7. The summed E-state index contributed by atoms with van der Waals surface area (Å²) in [6.45, 7) is 6.81. The number of methoxy groups -OCH3 is 1. The maximum Gasteiger partial charge on any atom is 0.254 e. The number of benzene rings is 2.